The van der Waals surface area contributed by atoms with Crippen LogP contribution in [0.3, 0.4) is 0 Å². The molecule has 0 radical (unpaired) electrons. The van der Waals surface area contributed by atoms with Gasteiger partial charge in [-0.25, -0.2) is 14.5 Å². The van der Waals surface area contributed by atoms with Crippen molar-refractivity contribution in [1.82, 2.24) is 19.7 Å². The van der Waals surface area contributed by atoms with E-state index in [0.29, 0.717) is 53.1 Å². The number of nitrogens with one attached hydrogen (secondary N) is 3. The molecule has 1 saturated heterocycles. The molecule has 2 amide bonds. The molecule has 1 aliphatic heterocycles. The Bertz CT molecular complexity index is 2420. The highest BCUT2D eigenvalue weighted by Crippen LogP contribution is 2.41. The number of amides is 2. The molecular formula is C44H50N7O6P. The number of pyridine rings is 1. The zero-order chi connectivity index (χ0) is 40.6. The molecule has 0 unspecified atom stereocenters. The van der Waals surface area contributed by atoms with Gasteiger partial charge in [0.05, 0.1) is 44.5 Å². The normalized spacial score (nSPS) is 13.3. The van der Waals surface area contributed by atoms with Crippen LogP contribution in [0.25, 0.3) is 16.5 Å². The van der Waals surface area contributed by atoms with Crippen molar-refractivity contribution in [2.45, 2.75) is 25.9 Å². The van der Waals surface area contributed by atoms with Crippen molar-refractivity contribution in [3.8, 4) is 28.7 Å². The van der Waals surface area contributed by atoms with Gasteiger partial charge < -0.3 is 34.1 Å². The first-order valence-corrected chi connectivity index (χ1v) is 22.1. The van der Waals surface area contributed by atoms with Crippen molar-refractivity contribution in [1.29, 1.82) is 0 Å². The average molecular weight is 804 g/mol. The molecule has 0 aliphatic carbocycles. The van der Waals surface area contributed by atoms with E-state index in [4.69, 9.17) is 24.0 Å². The summed E-state index contributed by atoms with van der Waals surface area (Å²) >= 11 is 0. The first kappa shape index (κ1) is 40.3. The Morgan fingerprint density at radius 3 is 2.45 bits per heavy atom. The predicted molar refractivity (Wildman–Crippen MR) is 231 cm³/mol. The molecule has 58 heavy (non-hydrogen) atoms. The lowest BCUT2D eigenvalue weighted by molar-refractivity contribution is 0.0322. The van der Waals surface area contributed by atoms with Crippen molar-refractivity contribution in [3.05, 3.63) is 115 Å². The predicted octanol–water partition coefficient (Wildman–Crippen LogP) is 9.57. The van der Waals surface area contributed by atoms with E-state index in [9.17, 15) is 9.36 Å². The number of carbonyl (C=O) groups is 1. The van der Waals surface area contributed by atoms with Crippen LogP contribution in [0.2, 0.25) is 0 Å². The number of carbonyl (C=O) groups excluding carboxylic acids is 1. The standard InChI is InChI=1S/C44H50N7O6P/c1-30(2)40-28-43(51(49-40)33-10-8-9-31(23-33)29-58(4,5)53)48-44(52)47-39-13-14-41(38-12-7-6-11-37(38)39)57-34-15-16-45-42(27-34)46-32-24-35(54-3)26-36(25-32)56-22-19-50-17-20-55-21-18-50/h6-16,23-28,30H,17-22,29H2,1-5H3,(H,45,46)(H2,47,48,52). The molecule has 4 aromatic carbocycles. The maximum absolute atomic E-state index is 13.6. The van der Waals surface area contributed by atoms with Gasteiger partial charge in [-0.1, -0.05) is 50.2 Å². The summed E-state index contributed by atoms with van der Waals surface area (Å²) in [6.45, 7) is 12.3. The molecule has 3 heterocycles. The molecule has 14 heteroatoms. The SMILES string of the molecule is COc1cc(Nc2cc(Oc3ccc(NC(=O)Nc4cc(C(C)C)nn4-c4cccc(CP(C)(C)=O)c4)c4ccccc34)ccn2)cc(OCCN2CCOCC2)c1. The lowest BCUT2D eigenvalue weighted by atomic mass is 10.1. The zero-order valence-electron chi connectivity index (χ0n) is 33.5. The first-order chi connectivity index (χ1) is 28.0. The quantitative estimate of drug-likeness (QED) is 0.0860. The van der Waals surface area contributed by atoms with Crippen molar-refractivity contribution in [2.24, 2.45) is 0 Å². The van der Waals surface area contributed by atoms with Gasteiger partial charge in [0.15, 0.2) is 0 Å². The van der Waals surface area contributed by atoms with E-state index in [1.807, 2.05) is 91.0 Å². The minimum atomic E-state index is -2.29. The summed E-state index contributed by atoms with van der Waals surface area (Å²) in [6.07, 6.45) is 2.16. The number of fused-ring (bicyclic) bond motifs is 1. The maximum atomic E-state index is 13.6. The number of hydrogen-bond acceptors (Lipinski definition) is 10. The van der Waals surface area contributed by atoms with Gasteiger partial charge >= 0.3 is 6.03 Å². The lowest BCUT2D eigenvalue weighted by Gasteiger charge is -2.26. The smallest absolute Gasteiger partial charge is 0.324 e. The molecule has 6 aromatic rings. The van der Waals surface area contributed by atoms with Gasteiger partial charge in [-0.15, -0.1) is 0 Å². The number of hydrogen-bond donors (Lipinski definition) is 3. The number of anilines is 4. The summed E-state index contributed by atoms with van der Waals surface area (Å²) in [5.74, 6) is 3.76. The number of methoxy groups -OCH3 is 1. The molecule has 1 fully saturated rings. The van der Waals surface area contributed by atoms with Crippen LogP contribution in [-0.4, -0.2) is 85.6 Å². The van der Waals surface area contributed by atoms with Crippen LogP contribution in [0.15, 0.2) is 103 Å². The Hall–Kier alpha value is -5.88. The molecule has 0 spiro atoms. The molecule has 13 nitrogen and oxygen atoms in total. The van der Waals surface area contributed by atoms with E-state index in [1.54, 1.807) is 37.4 Å². The van der Waals surface area contributed by atoms with Crippen LogP contribution in [0.1, 0.15) is 31.0 Å². The average Bonchev–Trinajstić information content (AvgIpc) is 3.63. The maximum Gasteiger partial charge on any atom is 0.324 e. The number of urea groups is 1. The lowest BCUT2D eigenvalue weighted by Crippen LogP contribution is -2.38. The highest BCUT2D eigenvalue weighted by atomic mass is 31.2. The van der Waals surface area contributed by atoms with Crippen molar-refractivity contribution in [3.63, 3.8) is 0 Å². The summed E-state index contributed by atoms with van der Waals surface area (Å²) in [5.41, 5.74) is 3.91. The number of rotatable bonds is 15. The van der Waals surface area contributed by atoms with Crippen LogP contribution in [-0.2, 0) is 15.5 Å². The van der Waals surface area contributed by atoms with Gasteiger partial charge in [-0.3, -0.25) is 10.2 Å². The van der Waals surface area contributed by atoms with Crippen LogP contribution in [0.4, 0.5) is 27.8 Å². The molecule has 3 N–H and O–H groups in total. The number of benzene rings is 4. The second kappa shape index (κ2) is 18.1. The van der Waals surface area contributed by atoms with Gasteiger partial charge in [0.1, 0.15) is 41.2 Å². The third kappa shape index (κ3) is 10.5. The molecule has 1 aliphatic rings. The summed E-state index contributed by atoms with van der Waals surface area (Å²) in [4.78, 5) is 20.5. The summed E-state index contributed by atoms with van der Waals surface area (Å²) in [5, 5.41) is 15.8. The minimum Gasteiger partial charge on any atom is -0.497 e. The van der Waals surface area contributed by atoms with Crippen molar-refractivity contribution in [2.75, 3.05) is 75.8 Å². The monoisotopic (exact) mass is 803 g/mol. The highest BCUT2D eigenvalue weighted by molar-refractivity contribution is 7.61. The number of aromatic nitrogens is 3. The molecule has 302 valence electrons. The van der Waals surface area contributed by atoms with Crippen LogP contribution in [0, 0.1) is 0 Å². The molecular weight excluding hydrogens is 754 g/mol. The van der Waals surface area contributed by atoms with Gasteiger partial charge in [0.2, 0.25) is 0 Å². The Morgan fingerprint density at radius 2 is 1.67 bits per heavy atom. The van der Waals surface area contributed by atoms with Crippen LogP contribution < -0.4 is 30.2 Å². The Morgan fingerprint density at radius 1 is 0.879 bits per heavy atom. The molecule has 0 atom stereocenters. The topological polar surface area (TPSA) is 141 Å². The second-order valence-electron chi connectivity index (χ2n) is 15.0. The van der Waals surface area contributed by atoms with E-state index >= 15 is 0 Å². The number of morpholine rings is 1. The second-order valence-corrected chi connectivity index (χ2v) is 18.4. The van der Waals surface area contributed by atoms with E-state index in [1.165, 1.54) is 0 Å². The Kier molecular flexibility index (Phi) is 12.6. The van der Waals surface area contributed by atoms with Gasteiger partial charge in [-0.05, 0) is 55.1 Å². The van der Waals surface area contributed by atoms with Gasteiger partial charge in [-0.2, -0.15) is 5.10 Å². The fraction of sp³-hybridized carbons (Fsp3) is 0.295. The van der Waals surface area contributed by atoms with Gasteiger partial charge in [0.25, 0.3) is 0 Å². The molecule has 2 aromatic heterocycles. The van der Waals surface area contributed by atoms with Crippen molar-refractivity contribution >= 4 is 47.0 Å². The van der Waals surface area contributed by atoms with E-state index in [2.05, 4.69) is 39.7 Å². The Labute approximate surface area is 339 Å². The van der Waals surface area contributed by atoms with Crippen molar-refractivity contribution < 1.29 is 28.3 Å². The number of nitrogens with zero attached hydrogens (tertiary/aromatic N) is 4. The molecule has 0 saturated carbocycles. The number of ether oxygens (including phenoxy) is 4. The van der Waals surface area contributed by atoms with E-state index in [-0.39, 0.29) is 5.92 Å². The third-order valence-corrected chi connectivity index (χ3v) is 10.7. The summed E-state index contributed by atoms with van der Waals surface area (Å²) in [7, 11) is -0.663. The van der Waals surface area contributed by atoms with Crippen LogP contribution >= 0.6 is 7.14 Å². The zero-order valence-corrected chi connectivity index (χ0v) is 34.4. The Balaban J connectivity index is 1.05. The van der Waals surface area contributed by atoms with Crippen LogP contribution in [0.5, 0.6) is 23.0 Å². The third-order valence-electron chi connectivity index (χ3n) is 9.54. The van der Waals surface area contributed by atoms with E-state index in [0.717, 1.165) is 66.3 Å². The molecule has 0 bridgehead atoms. The fourth-order valence-corrected chi connectivity index (χ4v) is 7.79. The highest BCUT2D eigenvalue weighted by Gasteiger charge is 2.18. The first-order valence-electron chi connectivity index (χ1n) is 19.4. The largest absolute Gasteiger partial charge is 0.497 e. The summed E-state index contributed by atoms with van der Waals surface area (Å²) < 4.78 is 37.8. The van der Waals surface area contributed by atoms with Gasteiger partial charge in [0, 0.05) is 78.8 Å². The molecule has 7 rings (SSSR count). The van der Waals surface area contributed by atoms with E-state index < -0.39 is 13.2 Å². The summed E-state index contributed by atoms with van der Waals surface area (Å²) in [6, 6.07) is 29.9. The minimum absolute atomic E-state index is 0.133. The fourth-order valence-electron chi connectivity index (χ4n) is 6.71.